The van der Waals surface area contributed by atoms with Gasteiger partial charge in [-0.1, -0.05) is 57.6 Å². The van der Waals surface area contributed by atoms with Crippen molar-refractivity contribution in [2.45, 2.75) is 96.1 Å². The van der Waals surface area contributed by atoms with Crippen LogP contribution in [0.4, 0.5) is 0 Å². The number of carboxylic acid groups (broad SMARTS) is 1. The zero-order valence-electron chi connectivity index (χ0n) is 17.7. The maximum atomic E-state index is 10.4. The molecule has 0 aromatic heterocycles. The first-order valence-corrected chi connectivity index (χ1v) is 8.35. The SMILES string of the molecule is [2H]/C(CCCCC)=C(\[2H])C[C@@]([2H])(O)[C@]([2H])(O)CCCCCCCC(=O)O. The second-order valence-electron chi connectivity index (χ2n) is 5.54. The van der Waals surface area contributed by atoms with Gasteiger partial charge in [0.2, 0.25) is 0 Å². The zero-order valence-corrected chi connectivity index (χ0v) is 13.7. The summed E-state index contributed by atoms with van der Waals surface area (Å²) < 4.78 is 31.4. The van der Waals surface area contributed by atoms with Crippen LogP contribution in [0.15, 0.2) is 12.1 Å². The minimum Gasteiger partial charge on any atom is -0.481 e. The molecule has 0 saturated heterocycles. The zero-order chi connectivity index (χ0) is 20.2. The molecule has 22 heavy (non-hydrogen) atoms. The second kappa shape index (κ2) is 15.0. The van der Waals surface area contributed by atoms with Gasteiger partial charge in [-0.3, -0.25) is 4.79 Å². The fourth-order valence-electron chi connectivity index (χ4n) is 2.04. The summed E-state index contributed by atoms with van der Waals surface area (Å²) in [5.41, 5.74) is 0. The Labute approximate surface area is 140 Å². The molecule has 0 radical (unpaired) electrons. The van der Waals surface area contributed by atoms with E-state index in [9.17, 15) is 15.0 Å². The van der Waals surface area contributed by atoms with Crippen LogP contribution in [0.2, 0.25) is 0 Å². The van der Waals surface area contributed by atoms with Crippen LogP contribution in [-0.4, -0.2) is 33.4 Å². The number of rotatable bonds is 15. The van der Waals surface area contributed by atoms with Gasteiger partial charge in [0.1, 0.15) is 0 Å². The van der Waals surface area contributed by atoms with Crippen LogP contribution in [0.5, 0.6) is 0 Å². The number of aliphatic hydroxyl groups is 2. The van der Waals surface area contributed by atoms with Gasteiger partial charge in [-0.15, -0.1) is 0 Å². The number of hydrogen-bond acceptors (Lipinski definition) is 3. The van der Waals surface area contributed by atoms with E-state index < -0.39 is 24.6 Å². The number of allylic oxidation sites excluding steroid dienone is 1. The predicted molar refractivity (Wildman–Crippen MR) is 89.9 cm³/mol. The number of aliphatic carboxylic acids is 1. The number of unbranched alkanes of at least 4 members (excludes halogenated alkanes) is 6. The molecular weight excluding hydrogens is 280 g/mol. The molecule has 0 bridgehead atoms. The molecule has 0 aromatic carbocycles. The molecule has 130 valence electrons. The maximum absolute atomic E-state index is 10.4. The average molecular weight is 318 g/mol. The molecule has 0 aromatic rings. The molecule has 0 rings (SSSR count). The highest BCUT2D eigenvalue weighted by Gasteiger charge is 2.13. The Morgan fingerprint density at radius 2 is 1.73 bits per heavy atom. The van der Waals surface area contributed by atoms with Gasteiger partial charge in [0, 0.05) is 6.42 Å². The van der Waals surface area contributed by atoms with Crippen LogP contribution in [0.1, 0.15) is 89.5 Å². The Morgan fingerprint density at radius 1 is 1.05 bits per heavy atom. The molecule has 0 amide bonds. The third-order valence-electron chi connectivity index (χ3n) is 3.42. The van der Waals surface area contributed by atoms with Crippen LogP contribution in [-0.2, 0) is 4.79 Å². The van der Waals surface area contributed by atoms with E-state index in [1.165, 1.54) is 0 Å². The Morgan fingerprint density at radius 3 is 2.41 bits per heavy atom. The van der Waals surface area contributed by atoms with Crippen molar-refractivity contribution in [3.63, 3.8) is 0 Å². The van der Waals surface area contributed by atoms with Crippen molar-refractivity contribution in [2.75, 3.05) is 0 Å². The summed E-state index contributed by atoms with van der Waals surface area (Å²) in [5.74, 6) is -0.826. The third kappa shape index (κ3) is 14.1. The second-order valence-corrected chi connectivity index (χ2v) is 5.54. The van der Waals surface area contributed by atoms with Gasteiger partial charge in [0.05, 0.1) is 17.6 Å². The van der Waals surface area contributed by atoms with Crippen molar-refractivity contribution in [1.29, 1.82) is 0 Å². The molecule has 3 N–H and O–H groups in total. The molecule has 0 saturated carbocycles. The van der Waals surface area contributed by atoms with Crippen molar-refractivity contribution in [3.8, 4) is 0 Å². The number of carbonyl (C=O) groups is 1. The Hall–Kier alpha value is -0.870. The van der Waals surface area contributed by atoms with E-state index in [1.54, 1.807) is 0 Å². The van der Waals surface area contributed by atoms with Gasteiger partial charge in [0.25, 0.3) is 0 Å². The lowest BCUT2D eigenvalue weighted by molar-refractivity contribution is -0.137. The van der Waals surface area contributed by atoms with Crippen LogP contribution < -0.4 is 0 Å². The average Bonchev–Trinajstić information content (AvgIpc) is 2.53. The fourth-order valence-corrected chi connectivity index (χ4v) is 2.04. The first-order chi connectivity index (χ1) is 12.0. The Bertz CT molecular complexity index is 450. The van der Waals surface area contributed by atoms with E-state index in [-0.39, 0.29) is 24.9 Å². The highest BCUT2D eigenvalue weighted by molar-refractivity contribution is 5.66. The summed E-state index contributed by atoms with van der Waals surface area (Å²) in [5, 5.41) is 28.9. The van der Waals surface area contributed by atoms with Gasteiger partial charge in [-0.25, -0.2) is 0 Å². The molecule has 4 nitrogen and oxygen atoms in total. The fraction of sp³-hybridized carbons (Fsp3) is 0.833. The molecule has 0 fully saturated rings. The highest BCUT2D eigenvalue weighted by Crippen LogP contribution is 2.12. The molecule has 0 unspecified atom stereocenters. The van der Waals surface area contributed by atoms with E-state index in [0.717, 1.165) is 32.1 Å². The minimum atomic E-state index is -2.54. The van der Waals surface area contributed by atoms with Gasteiger partial charge in [0.15, 0.2) is 0 Å². The molecule has 0 heterocycles. The van der Waals surface area contributed by atoms with Gasteiger partial charge in [-0.2, -0.15) is 0 Å². The van der Waals surface area contributed by atoms with Crippen LogP contribution in [0, 0.1) is 0 Å². The largest absolute Gasteiger partial charge is 0.481 e. The molecule has 2 atom stereocenters. The van der Waals surface area contributed by atoms with Crippen LogP contribution in [0.3, 0.4) is 0 Å². The van der Waals surface area contributed by atoms with Gasteiger partial charge in [-0.05, 0) is 32.1 Å². The molecule has 4 heteroatoms. The topological polar surface area (TPSA) is 77.8 Å². The van der Waals surface area contributed by atoms with Crippen molar-refractivity contribution in [3.05, 3.63) is 12.1 Å². The summed E-state index contributed by atoms with van der Waals surface area (Å²) >= 11 is 0. The molecule has 0 aliphatic rings. The standard InChI is InChI=1S/C18H34O4/c1-2-3-4-5-7-10-13-16(19)17(20)14-11-8-6-9-12-15-18(21)22/h7,10,16-17,19-20H,2-6,8-9,11-15H2,1H3,(H,21,22)/b10-7-/t16-,17-/m1/s1/i7D,10D,16D,17D. The summed E-state index contributed by atoms with van der Waals surface area (Å²) in [6.07, 6.45) is 0.800. The van der Waals surface area contributed by atoms with Gasteiger partial charge < -0.3 is 15.3 Å². The lowest BCUT2D eigenvalue weighted by atomic mass is 10.0. The van der Waals surface area contributed by atoms with E-state index >= 15 is 0 Å². The monoisotopic (exact) mass is 318 g/mol. The Balaban J connectivity index is 4.37. The predicted octanol–water partition coefficient (Wildman–Crippen LogP) is 4.05. The summed E-state index contributed by atoms with van der Waals surface area (Å²) in [7, 11) is 0. The third-order valence-corrected chi connectivity index (χ3v) is 3.42. The smallest absolute Gasteiger partial charge is 0.303 e. The Kier molecular flexibility index (Phi) is 10.1. The highest BCUT2D eigenvalue weighted by atomic mass is 16.4. The van der Waals surface area contributed by atoms with Crippen molar-refractivity contribution in [1.82, 2.24) is 0 Å². The van der Waals surface area contributed by atoms with Crippen molar-refractivity contribution in [2.24, 2.45) is 0 Å². The van der Waals surface area contributed by atoms with Crippen molar-refractivity contribution < 1.29 is 25.6 Å². The minimum absolute atomic E-state index is 0.0401. The molecular formula is C18H34O4. The molecule has 0 aliphatic heterocycles. The van der Waals surface area contributed by atoms with Gasteiger partial charge >= 0.3 is 5.97 Å². The van der Waals surface area contributed by atoms with Crippen LogP contribution >= 0.6 is 0 Å². The molecule has 0 spiro atoms. The van der Waals surface area contributed by atoms with E-state index in [0.29, 0.717) is 25.7 Å². The molecule has 0 aliphatic carbocycles. The normalized spacial score (nSPS) is 20.7. The van der Waals surface area contributed by atoms with E-state index in [4.69, 9.17) is 10.6 Å². The lowest BCUT2D eigenvalue weighted by Gasteiger charge is -2.16. The summed E-state index contributed by atoms with van der Waals surface area (Å²) in [6, 6.07) is -0.170. The maximum Gasteiger partial charge on any atom is 0.303 e. The number of hydrogen-bond donors (Lipinski definition) is 3. The lowest BCUT2D eigenvalue weighted by Crippen LogP contribution is -2.25. The quantitative estimate of drug-likeness (QED) is 0.314. The van der Waals surface area contributed by atoms with E-state index in [1.807, 2.05) is 6.92 Å². The van der Waals surface area contributed by atoms with Crippen molar-refractivity contribution >= 4 is 5.97 Å². The first kappa shape index (κ1) is 14.7. The number of carboxylic acids is 1. The van der Waals surface area contributed by atoms with E-state index in [2.05, 4.69) is 0 Å². The first-order valence-electron chi connectivity index (χ1n) is 10.3. The summed E-state index contributed by atoms with van der Waals surface area (Å²) in [6.45, 7) is 2.03. The van der Waals surface area contributed by atoms with Crippen LogP contribution in [0.25, 0.3) is 0 Å². The summed E-state index contributed by atoms with van der Waals surface area (Å²) in [4.78, 5) is 10.4.